The molecule has 0 atom stereocenters. The van der Waals surface area contributed by atoms with Gasteiger partial charge in [0.25, 0.3) is 0 Å². The fraction of sp³-hybridized carbons (Fsp3) is 0.214. The number of hydrogen-bond donors (Lipinski definition) is 0. The van der Waals surface area contributed by atoms with Crippen molar-refractivity contribution in [2.75, 3.05) is 0 Å². The van der Waals surface area contributed by atoms with Gasteiger partial charge in [-0.25, -0.2) is 8.78 Å². The molecule has 4 heteroatoms. The summed E-state index contributed by atoms with van der Waals surface area (Å²) < 4.78 is 25.8. The van der Waals surface area contributed by atoms with Crippen LogP contribution in [-0.2, 0) is 12.8 Å². The molecule has 0 unspecified atom stereocenters. The molecule has 0 aliphatic carbocycles. The molecular weight excluding hydrogens is 254 g/mol. The van der Waals surface area contributed by atoms with Gasteiger partial charge in [0.2, 0.25) is 0 Å². The summed E-state index contributed by atoms with van der Waals surface area (Å²) in [6.07, 6.45) is 0.896. The van der Waals surface area contributed by atoms with E-state index in [2.05, 4.69) is 0 Å². The van der Waals surface area contributed by atoms with E-state index in [1.165, 1.54) is 17.4 Å². The van der Waals surface area contributed by atoms with Crippen LogP contribution in [0.4, 0.5) is 8.78 Å². The maximum Gasteiger partial charge on any atom is 0.177 e. The number of carbonyl (C=O) groups is 1. The molecule has 1 aromatic heterocycles. The van der Waals surface area contributed by atoms with Crippen LogP contribution in [0.1, 0.15) is 27.7 Å². The van der Waals surface area contributed by atoms with Gasteiger partial charge in [0, 0.05) is 6.42 Å². The number of carbonyl (C=O) groups excluding carboxylic acids is 1. The summed E-state index contributed by atoms with van der Waals surface area (Å²) in [5.41, 5.74) is 1.50. The molecule has 1 nitrogen and oxygen atoms in total. The third-order valence-electron chi connectivity index (χ3n) is 2.73. The van der Waals surface area contributed by atoms with E-state index < -0.39 is 11.6 Å². The van der Waals surface area contributed by atoms with Gasteiger partial charge in [0.05, 0.1) is 4.88 Å². The van der Waals surface area contributed by atoms with Crippen molar-refractivity contribution >= 4 is 17.1 Å². The SMILES string of the molecule is CCc1ccsc1C(=O)Cc1ccc(F)c(F)c1. The Morgan fingerprint density at radius 2 is 2.00 bits per heavy atom. The summed E-state index contributed by atoms with van der Waals surface area (Å²) in [6.45, 7) is 1.98. The van der Waals surface area contributed by atoms with Gasteiger partial charge in [-0.05, 0) is 41.1 Å². The minimum Gasteiger partial charge on any atom is -0.293 e. The second-order valence-corrected chi connectivity index (χ2v) is 4.89. The van der Waals surface area contributed by atoms with Crippen molar-refractivity contribution in [3.63, 3.8) is 0 Å². The molecule has 0 bridgehead atoms. The van der Waals surface area contributed by atoms with Crippen molar-refractivity contribution < 1.29 is 13.6 Å². The smallest absolute Gasteiger partial charge is 0.177 e. The van der Waals surface area contributed by atoms with E-state index in [1.807, 2.05) is 18.4 Å². The van der Waals surface area contributed by atoms with Gasteiger partial charge in [-0.2, -0.15) is 0 Å². The van der Waals surface area contributed by atoms with E-state index >= 15 is 0 Å². The Morgan fingerprint density at radius 1 is 1.22 bits per heavy atom. The first-order chi connectivity index (χ1) is 8.61. The Hall–Kier alpha value is -1.55. The van der Waals surface area contributed by atoms with Crippen LogP contribution in [0.3, 0.4) is 0 Å². The average molecular weight is 266 g/mol. The van der Waals surface area contributed by atoms with Gasteiger partial charge in [0.15, 0.2) is 17.4 Å². The summed E-state index contributed by atoms with van der Waals surface area (Å²) >= 11 is 1.39. The first-order valence-corrected chi connectivity index (χ1v) is 6.53. The zero-order chi connectivity index (χ0) is 13.1. The van der Waals surface area contributed by atoms with Gasteiger partial charge in [-0.15, -0.1) is 11.3 Å². The van der Waals surface area contributed by atoms with Crippen LogP contribution in [-0.4, -0.2) is 5.78 Å². The van der Waals surface area contributed by atoms with E-state index in [0.29, 0.717) is 10.4 Å². The Morgan fingerprint density at radius 3 is 2.67 bits per heavy atom. The highest BCUT2D eigenvalue weighted by Gasteiger charge is 2.13. The fourth-order valence-electron chi connectivity index (χ4n) is 1.77. The topological polar surface area (TPSA) is 17.1 Å². The maximum absolute atomic E-state index is 13.0. The van der Waals surface area contributed by atoms with Crippen molar-refractivity contribution in [1.29, 1.82) is 0 Å². The first-order valence-electron chi connectivity index (χ1n) is 5.65. The molecule has 0 N–H and O–H groups in total. The highest BCUT2D eigenvalue weighted by Crippen LogP contribution is 2.20. The molecule has 94 valence electrons. The number of thiophene rings is 1. The Balaban J connectivity index is 2.19. The van der Waals surface area contributed by atoms with Crippen LogP contribution in [0.15, 0.2) is 29.6 Å². The lowest BCUT2D eigenvalue weighted by atomic mass is 10.0. The number of benzene rings is 1. The molecular formula is C14H12F2OS. The van der Waals surface area contributed by atoms with Crippen LogP contribution < -0.4 is 0 Å². The lowest BCUT2D eigenvalue weighted by Gasteiger charge is -2.02. The maximum atomic E-state index is 13.0. The molecule has 0 amide bonds. The molecule has 1 aromatic carbocycles. The Bertz CT molecular complexity index is 575. The molecule has 0 aliphatic rings. The molecule has 0 aliphatic heterocycles. The van der Waals surface area contributed by atoms with Crippen molar-refractivity contribution in [3.05, 3.63) is 57.3 Å². The molecule has 0 saturated heterocycles. The summed E-state index contributed by atoms with van der Waals surface area (Å²) in [5, 5.41) is 1.87. The highest BCUT2D eigenvalue weighted by atomic mass is 32.1. The largest absolute Gasteiger partial charge is 0.293 e. The molecule has 0 fully saturated rings. The Kier molecular flexibility index (Phi) is 3.87. The normalized spacial score (nSPS) is 10.6. The Labute approximate surface area is 108 Å². The van der Waals surface area contributed by atoms with Gasteiger partial charge < -0.3 is 0 Å². The third-order valence-corrected chi connectivity index (χ3v) is 3.73. The van der Waals surface area contributed by atoms with E-state index in [1.54, 1.807) is 0 Å². The van der Waals surface area contributed by atoms with E-state index in [9.17, 15) is 13.6 Å². The van der Waals surface area contributed by atoms with Crippen LogP contribution in [0.25, 0.3) is 0 Å². The van der Waals surface area contributed by atoms with Crippen LogP contribution in [0.5, 0.6) is 0 Å². The van der Waals surface area contributed by atoms with Crippen molar-refractivity contribution in [1.82, 2.24) is 0 Å². The van der Waals surface area contributed by atoms with E-state index in [4.69, 9.17) is 0 Å². The fourth-order valence-corrected chi connectivity index (χ4v) is 2.71. The van der Waals surface area contributed by atoms with Crippen LogP contribution >= 0.6 is 11.3 Å². The molecule has 0 spiro atoms. The number of aryl methyl sites for hydroxylation is 1. The second kappa shape index (κ2) is 5.40. The average Bonchev–Trinajstić information content (AvgIpc) is 2.82. The minimum absolute atomic E-state index is 0.0483. The summed E-state index contributed by atoms with van der Waals surface area (Å²) in [6, 6.07) is 5.48. The number of halogens is 2. The molecule has 0 saturated carbocycles. The predicted octanol–water partition coefficient (Wildman–Crippen LogP) is 4.01. The molecule has 2 aromatic rings. The highest BCUT2D eigenvalue weighted by molar-refractivity contribution is 7.12. The number of ketones is 1. The lowest BCUT2D eigenvalue weighted by Crippen LogP contribution is -2.04. The van der Waals surface area contributed by atoms with Gasteiger partial charge >= 0.3 is 0 Å². The summed E-state index contributed by atoms with van der Waals surface area (Å²) in [5.74, 6) is -1.85. The number of rotatable bonds is 4. The summed E-state index contributed by atoms with van der Waals surface area (Å²) in [7, 11) is 0. The molecule has 1 heterocycles. The summed E-state index contributed by atoms with van der Waals surface area (Å²) in [4.78, 5) is 12.8. The van der Waals surface area contributed by atoms with E-state index in [0.717, 1.165) is 24.1 Å². The van der Waals surface area contributed by atoms with Gasteiger partial charge in [-0.3, -0.25) is 4.79 Å². The number of Topliss-reactive ketones (excluding diaryl/α,β-unsaturated/α-hetero) is 1. The molecule has 0 radical (unpaired) electrons. The predicted molar refractivity (Wildman–Crippen MR) is 68.1 cm³/mol. The van der Waals surface area contributed by atoms with Gasteiger partial charge in [0.1, 0.15) is 0 Å². The molecule has 2 rings (SSSR count). The minimum atomic E-state index is -0.915. The van der Waals surface area contributed by atoms with Crippen molar-refractivity contribution in [2.45, 2.75) is 19.8 Å². The third kappa shape index (κ3) is 2.64. The van der Waals surface area contributed by atoms with Gasteiger partial charge in [-0.1, -0.05) is 13.0 Å². The van der Waals surface area contributed by atoms with Crippen LogP contribution in [0.2, 0.25) is 0 Å². The monoisotopic (exact) mass is 266 g/mol. The van der Waals surface area contributed by atoms with Crippen molar-refractivity contribution in [3.8, 4) is 0 Å². The lowest BCUT2D eigenvalue weighted by molar-refractivity contribution is 0.0996. The van der Waals surface area contributed by atoms with E-state index in [-0.39, 0.29) is 12.2 Å². The van der Waals surface area contributed by atoms with Crippen molar-refractivity contribution in [2.24, 2.45) is 0 Å². The standard InChI is InChI=1S/C14H12F2OS/c1-2-10-5-6-18-14(10)13(17)8-9-3-4-11(15)12(16)7-9/h3-7H,2,8H2,1H3. The zero-order valence-corrected chi connectivity index (χ0v) is 10.7. The second-order valence-electron chi connectivity index (χ2n) is 3.98. The number of hydrogen-bond acceptors (Lipinski definition) is 2. The quantitative estimate of drug-likeness (QED) is 0.764. The van der Waals surface area contributed by atoms with Crippen LogP contribution in [0, 0.1) is 11.6 Å². The first kappa shape index (κ1) is 12.9. The molecule has 18 heavy (non-hydrogen) atoms. The zero-order valence-electron chi connectivity index (χ0n) is 9.87.